The lowest BCUT2D eigenvalue weighted by molar-refractivity contribution is 0.391. The van der Waals surface area contributed by atoms with E-state index in [0.29, 0.717) is 11.7 Å². The van der Waals surface area contributed by atoms with Crippen molar-refractivity contribution in [1.82, 2.24) is 4.90 Å². The molecule has 4 nitrogen and oxygen atoms in total. The Morgan fingerprint density at radius 3 is 2.23 bits per heavy atom. The van der Waals surface area contributed by atoms with Crippen molar-refractivity contribution in [2.24, 2.45) is 0 Å². The van der Waals surface area contributed by atoms with Gasteiger partial charge < -0.3 is 20.2 Å². The van der Waals surface area contributed by atoms with E-state index in [-0.39, 0.29) is 0 Å². The van der Waals surface area contributed by atoms with Gasteiger partial charge in [-0.05, 0) is 66.5 Å². The van der Waals surface area contributed by atoms with Crippen LogP contribution in [0.3, 0.4) is 0 Å². The Morgan fingerprint density at radius 1 is 1.04 bits per heavy atom. The highest BCUT2D eigenvalue weighted by Gasteiger charge is 2.19. The van der Waals surface area contributed by atoms with Gasteiger partial charge in [0.2, 0.25) is 0 Å². The van der Waals surface area contributed by atoms with E-state index >= 15 is 0 Å². The van der Waals surface area contributed by atoms with Crippen molar-refractivity contribution in [1.29, 1.82) is 0 Å². The predicted octanol–water partition coefficient (Wildman–Crippen LogP) is 4.42. The van der Waals surface area contributed by atoms with E-state index in [0.717, 1.165) is 49.1 Å². The van der Waals surface area contributed by atoms with Crippen LogP contribution < -0.4 is 10.2 Å². The zero-order chi connectivity index (χ0) is 18.5. The SMILES string of the molecule is CC[C@@H](C)c1ccc(NC(=S)N2CCN(c3ccc(O)cc3)CC2)cc1. The number of hydrogen-bond donors (Lipinski definition) is 2. The fourth-order valence-corrected chi connectivity index (χ4v) is 3.46. The predicted molar refractivity (Wildman–Crippen MR) is 113 cm³/mol. The van der Waals surface area contributed by atoms with Gasteiger partial charge in [0.1, 0.15) is 5.75 Å². The summed E-state index contributed by atoms with van der Waals surface area (Å²) in [6, 6.07) is 16.0. The molecule has 1 fully saturated rings. The number of piperazine rings is 1. The van der Waals surface area contributed by atoms with E-state index in [1.165, 1.54) is 5.56 Å². The molecule has 2 aromatic carbocycles. The minimum atomic E-state index is 0.303. The number of hydrogen-bond acceptors (Lipinski definition) is 3. The number of rotatable bonds is 4. The van der Waals surface area contributed by atoms with Crippen LogP contribution in [0, 0.1) is 0 Å². The number of phenolic OH excluding ortho intramolecular Hbond substituents is 1. The van der Waals surface area contributed by atoms with Gasteiger partial charge in [-0.2, -0.15) is 0 Å². The molecule has 0 bridgehead atoms. The maximum absolute atomic E-state index is 9.42. The highest BCUT2D eigenvalue weighted by atomic mass is 32.1. The van der Waals surface area contributed by atoms with E-state index in [1.54, 1.807) is 12.1 Å². The summed E-state index contributed by atoms with van der Waals surface area (Å²) >= 11 is 5.60. The van der Waals surface area contributed by atoms with Gasteiger partial charge in [-0.25, -0.2) is 0 Å². The molecule has 2 aromatic rings. The number of thiocarbonyl (C=S) groups is 1. The third kappa shape index (κ3) is 4.47. The number of anilines is 2. The maximum Gasteiger partial charge on any atom is 0.173 e. The van der Waals surface area contributed by atoms with E-state index in [1.807, 2.05) is 12.1 Å². The topological polar surface area (TPSA) is 38.7 Å². The van der Waals surface area contributed by atoms with Crippen molar-refractivity contribution in [3.8, 4) is 5.75 Å². The van der Waals surface area contributed by atoms with Gasteiger partial charge in [-0.15, -0.1) is 0 Å². The Kier molecular flexibility index (Phi) is 5.99. The van der Waals surface area contributed by atoms with E-state index in [4.69, 9.17) is 12.2 Å². The summed E-state index contributed by atoms with van der Waals surface area (Å²) in [4.78, 5) is 4.54. The van der Waals surface area contributed by atoms with Crippen molar-refractivity contribution >= 4 is 28.7 Å². The molecule has 0 saturated carbocycles. The van der Waals surface area contributed by atoms with Gasteiger partial charge in [-0.1, -0.05) is 26.0 Å². The van der Waals surface area contributed by atoms with Crippen molar-refractivity contribution in [2.75, 3.05) is 36.4 Å². The molecule has 138 valence electrons. The summed E-state index contributed by atoms with van der Waals surface area (Å²) in [7, 11) is 0. The second kappa shape index (κ2) is 8.41. The standard InChI is InChI=1S/C21H27N3OS/c1-3-16(2)17-4-6-18(7-5-17)22-21(26)24-14-12-23(13-15-24)19-8-10-20(25)11-9-19/h4-11,16,25H,3,12-15H2,1-2H3,(H,22,26)/t16-/m1/s1. The lowest BCUT2D eigenvalue weighted by Crippen LogP contribution is -2.50. The molecular formula is C21H27N3OS. The number of benzene rings is 2. The monoisotopic (exact) mass is 369 g/mol. The highest BCUT2D eigenvalue weighted by molar-refractivity contribution is 7.80. The van der Waals surface area contributed by atoms with Crippen molar-refractivity contribution in [3.05, 3.63) is 54.1 Å². The quantitative estimate of drug-likeness (QED) is 0.781. The number of phenols is 1. The Balaban J connectivity index is 1.52. The zero-order valence-electron chi connectivity index (χ0n) is 15.5. The van der Waals surface area contributed by atoms with E-state index in [2.05, 4.69) is 53.2 Å². The van der Waals surface area contributed by atoms with Crippen LogP contribution in [0.2, 0.25) is 0 Å². The maximum atomic E-state index is 9.42. The van der Waals surface area contributed by atoms with Gasteiger partial charge in [0.05, 0.1) is 0 Å². The first-order valence-electron chi connectivity index (χ1n) is 9.26. The van der Waals surface area contributed by atoms with Crippen LogP contribution in [-0.2, 0) is 0 Å². The molecule has 0 aliphatic carbocycles. The molecule has 26 heavy (non-hydrogen) atoms. The third-order valence-electron chi connectivity index (χ3n) is 5.13. The molecule has 0 unspecified atom stereocenters. The minimum Gasteiger partial charge on any atom is -0.508 e. The number of nitrogens with one attached hydrogen (secondary N) is 1. The van der Waals surface area contributed by atoms with Gasteiger partial charge in [0.15, 0.2) is 5.11 Å². The van der Waals surface area contributed by atoms with Crippen LogP contribution in [0.4, 0.5) is 11.4 Å². The smallest absolute Gasteiger partial charge is 0.173 e. The molecule has 3 rings (SSSR count). The molecule has 1 heterocycles. The molecular weight excluding hydrogens is 342 g/mol. The second-order valence-corrected chi connectivity index (χ2v) is 7.24. The minimum absolute atomic E-state index is 0.303. The third-order valence-corrected chi connectivity index (χ3v) is 5.49. The Bertz CT molecular complexity index is 722. The Morgan fingerprint density at radius 2 is 1.65 bits per heavy atom. The van der Waals surface area contributed by atoms with Crippen LogP contribution in [0.1, 0.15) is 31.7 Å². The van der Waals surface area contributed by atoms with Gasteiger partial charge >= 0.3 is 0 Å². The van der Waals surface area contributed by atoms with Crippen LogP contribution >= 0.6 is 12.2 Å². The first kappa shape index (κ1) is 18.5. The summed E-state index contributed by atoms with van der Waals surface area (Å²) in [5, 5.41) is 13.6. The lowest BCUT2D eigenvalue weighted by Gasteiger charge is -2.37. The molecule has 0 spiro atoms. The first-order valence-corrected chi connectivity index (χ1v) is 9.67. The second-order valence-electron chi connectivity index (χ2n) is 6.85. The lowest BCUT2D eigenvalue weighted by atomic mass is 9.99. The molecule has 5 heteroatoms. The summed E-state index contributed by atoms with van der Waals surface area (Å²) in [5.74, 6) is 0.890. The highest BCUT2D eigenvalue weighted by Crippen LogP contribution is 2.22. The van der Waals surface area contributed by atoms with E-state index in [9.17, 15) is 5.11 Å². The summed E-state index contributed by atoms with van der Waals surface area (Å²) in [6.45, 7) is 8.07. The average Bonchev–Trinajstić information content (AvgIpc) is 2.68. The summed E-state index contributed by atoms with van der Waals surface area (Å²) in [5.41, 5.74) is 3.55. The first-order chi connectivity index (χ1) is 12.6. The Hall–Kier alpha value is -2.27. The van der Waals surface area contributed by atoms with Gasteiger partial charge in [0.25, 0.3) is 0 Å². The number of nitrogens with zero attached hydrogens (tertiary/aromatic N) is 2. The molecule has 0 amide bonds. The molecule has 1 atom stereocenters. The molecule has 0 radical (unpaired) electrons. The van der Waals surface area contributed by atoms with Crippen molar-refractivity contribution in [2.45, 2.75) is 26.2 Å². The normalized spacial score (nSPS) is 15.6. The fraction of sp³-hybridized carbons (Fsp3) is 0.381. The summed E-state index contributed by atoms with van der Waals surface area (Å²) in [6.07, 6.45) is 1.15. The Labute approximate surface area is 161 Å². The molecule has 0 aromatic heterocycles. The van der Waals surface area contributed by atoms with Gasteiger partial charge in [-0.3, -0.25) is 0 Å². The van der Waals surface area contributed by atoms with Crippen LogP contribution in [0.15, 0.2) is 48.5 Å². The molecule has 1 aliphatic rings. The van der Waals surface area contributed by atoms with Crippen LogP contribution in [0.25, 0.3) is 0 Å². The number of aromatic hydroxyl groups is 1. The summed E-state index contributed by atoms with van der Waals surface area (Å²) < 4.78 is 0. The van der Waals surface area contributed by atoms with E-state index < -0.39 is 0 Å². The van der Waals surface area contributed by atoms with Crippen LogP contribution in [0.5, 0.6) is 5.75 Å². The largest absolute Gasteiger partial charge is 0.508 e. The fourth-order valence-electron chi connectivity index (χ4n) is 3.16. The zero-order valence-corrected chi connectivity index (χ0v) is 16.3. The van der Waals surface area contributed by atoms with Gasteiger partial charge in [0, 0.05) is 37.6 Å². The molecule has 2 N–H and O–H groups in total. The average molecular weight is 370 g/mol. The molecule has 1 saturated heterocycles. The van der Waals surface area contributed by atoms with Crippen molar-refractivity contribution < 1.29 is 5.11 Å². The van der Waals surface area contributed by atoms with Crippen molar-refractivity contribution in [3.63, 3.8) is 0 Å². The molecule has 1 aliphatic heterocycles. The van der Waals surface area contributed by atoms with Crippen LogP contribution in [-0.4, -0.2) is 41.3 Å².